The summed E-state index contributed by atoms with van der Waals surface area (Å²) < 4.78 is 13.8. The number of carbonyl (C=O) groups excluding carboxylic acids is 2. The molecule has 0 saturated heterocycles. The number of nitrogens with zero attached hydrogens (tertiary/aromatic N) is 1. The zero-order chi connectivity index (χ0) is 19.5. The number of thiophene rings is 1. The molecule has 1 atom stereocenters. The molecule has 1 aliphatic carbocycles. The molecule has 1 unspecified atom stereocenters. The highest BCUT2D eigenvalue weighted by Crippen LogP contribution is 2.38. The lowest BCUT2D eigenvalue weighted by molar-refractivity contribution is -0.133. The van der Waals surface area contributed by atoms with Gasteiger partial charge in [0, 0.05) is 30.3 Å². The SMILES string of the molecule is O=C(NCCC(=O)N1CCc2sccc2C1c1cccc(F)c1)C1CCCC1. The number of rotatable bonds is 5. The van der Waals surface area contributed by atoms with E-state index in [0.717, 1.165) is 43.2 Å². The summed E-state index contributed by atoms with van der Waals surface area (Å²) in [5, 5.41) is 4.96. The summed E-state index contributed by atoms with van der Waals surface area (Å²) in [7, 11) is 0. The van der Waals surface area contributed by atoms with E-state index in [1.165, 1.54) is 17.0 Å². The van der Waals surface area contributed by atoms with Crippen LogP contribution in [0.15, 0.2) is 35.7 Å². The maximum Gasteiger partial charge on any atom is 0.225 e. The van der Waals surface area contributed by atoms with E-state index in [-0.39, 0.29) is 36.0 Å². The summed E-state index contributed by atoms with van der Waals surface area (Å²) in [6, 6.07) is 8.28. The molecule has 1 saturated carbocycles. The van der Waals surface area contributed by atoms with Gasteiger partial charge in [0.05, 0.1) is 6.04 Å². The lowest BCUT2D eigenvalue weighted by atomic mass is 9.93. The summed E-state index contributed by atoms with van der Waals surface area (Å²) in [6.07, 6.45) is 5.22. The lowest BCUT2D eigenvalue weighted by Crippen LogP contribution is -2.41. The molecule has 0 radical (unpaired) electrons. The Bertz CT molecular complexity index is 860. The normalized spacial score (nSPS) is 19.5. The van der Waals surface area contributed by atoms with E-state index >= 15 is 0 Å². The molecule has 2 aliphatic rings. The molecule has 28 heavy (non-hydrogen) atoms. The number of carbonyl (C=O) groups is 2. The Balaban J connectivity index is 1.46. The van der Waals surface area contributed by atoms with Gasteiger partial charge in [0.25, 0.3) is 0 Å². The molecule has 1 aromatic carbocycles. The second-order valence-corrected chi connectivity index (χ2v) is 8.62. The first kappa shape index (κ1) is 19.1. The van der Waals surface area contributed by atoms with Crippen LogP contribution in [0.2, 0.25) is 0 Å². The highest BCUT2D eigenvalue weighted by atomic mass is 32.1. The Morgan fingerprint density at radius 2 is 2.04 bits per heavy atom. The summed E-state index contributed by atoms with van der Waals surface area (Å²) in [4.78, 5) is 28.3. The van der Waals surface area contributed by atoms with Gasteiger partial charge >= 0.3 is 0 Å². The average Bonchev–Trinajstić information content (AvgIpc) is 3.38. The second-order valence-electron chi connectivity index (χ2n) is 7.62. The van der Waals surface area contributed by atoms with Crippen molar-refractivity contribution in [2.75, 3.05) is 13.1 Å². The van der Waals surface area contributed by atoms with E-state index in [0.29, 0.717) is 13.1 Å². The van der Waals surface area contributed by atoms with E-state index in [1.54, 1.807) is 17.4 Å². The highest BCUT2D eigenvalue weighted by molar-refractivity contribution is 7.10. The molecule has 0 spiro atoms. The fraction of sp³-hybridized carbons (Fsp3) is 0.455. The number of hydrogen-bond acceptors (Lipinski definition) is 3. The van der Waals surface area contributed by atoms with Crippen LogP contribution in [-0.4, -0.2) is 29.8 Å². The predicted molar refractivity (Wildman–Crippen MR) is 108 cm³/mol. The van der Waals surface area contributed by atoms with Gasteiger partial charge in [0.1, 0.15) is 5.82 Å². The van der Waals surface area contributed by atoms with Crippen molar-refractivity contribution in [2.45, 2.75) is 44.6 Å². The minimum atomic E-state index is -0.295. The zero-order valence-electron chi connectivity index (χ0n) is 15.8. The first-order valence-electron chi connectivity index (χ1n) is 10.0. The smallest absolute Gasteiger partial charge is 0.225 e. The predicted octanol–water partition coefficient (Wildman–Crippen LogP) is 4.06. The van der Waals surface area contributed by atoms with E-state index in [9.17, 15) is 14.0 Å². The van der Waals surface area contributed by atoms with Crippen molar-refractivity contribution in [1.29, 1.82) is 0 Å². The molecular formula is C22H25FN2O2S. The van der Waals surface area contributed by atoms with Gasteiger partial charge < -0.3 is 10.2 Å². The third kappa shape index (κ3) is 3.97. The Morgan fingerprint density at radius 1 is 1.21 bits per heavy atom. The van der Waals surface area contributed by atoms with Crippen molar-refractivity contribution in [3.05, 3.63) is 57.5 Å². The fourth-order valence-corrected chi connectivity index (χ4v) is 5.29. The van der Waals surface area contributed by atoms with E-state index in [4.69, 9.17) is 0 Å². The molecule has 2 aromatic rings. The van der Waals surface area contributed by atoms with Crippen molar-refractivity contribution in [1.82, 2.24) is 10.2 Å². The third-order valence-electron chi connectivity index (χ3n) is 5.81. The van der Waals surface area contributed by atoms with Gasteiger partial charge in [-0.25, -0.2) is 4.39 Å². The highest BCUT2D eigenvalue weighted by Gasteiger charge is 2.33. The third-order valence-corrected chi connectivity index (χ3v) is 6.81. The van der Waals surface area contributed by atoms with Crippen molar-refractivity contribution >= 4 is 23.2 Å². The number of hydrogen-bond donors (Lipinski definition) is 1. The number of fused-ring (bicyclic) bond motifs is 1. The van der Waals surface area contributed by atoms with Crippen LogP contribution >= 0.6 is 11.3 Å². The van der Waals surface area contributed by atoms with Crippen molar-refractivity contribution in [3.63, 3.8) is 0 Å². The average molecular weight is 401 g/mol. The molecule has 2 heterocycles. The van der Waals surface area contributed by atoms with Crippen molar-refractivity contribution in [2.24, 2.45) is 5.92 Å². The van der Waals surface area contributed by atoms with Crippen LogP contribution in [0, 0.1) is 11.7 Å². The van der Waals surface area contributed by atoms with E-state index < -0.39 is 0 Å². The number of benzene rings is 1. The van der Waals surface area contributed by atoms with Gasteiger partial charge in [0.15, 0.2) is 0 Å². The monoisotopic (exact) mass is 400 g/mol. The van der Waals surface area contributed by atoms with Gasteiger partial charge in [0.2, 0.25) is 11.8 Å². The molecule has 1 N–H and O–H groups in total. The largest absolute Gasteiger partial charge is 0.355 e. The second kappa shape index (κ2) is 8.43. The molecular weight excluding hydrogens is 375 g/mol. The van der Waals surface area contributed by atoms with Crippen LogP contribution in [0.5, 0.6) is 0 Å². The Kier molecular flexibility index (Phi) is 5.76. The van der Waals surface area contributed by atoms with Gasteiger partial charge in [-0.05, 0) is 54.0 Å². The van der Waals surface area contributed by atoms with Gasteiger partial charge in [-0.1, -0.05) is 25.0 Å². The zero-order valence-corrected chi connectivity index (χ0v) is 16.6. The van der Waals surface area contributed by atoms with Crippen LogP contribution in [0.4, 0.5) is 4.39 Å². The molecule has 148 valence electrons. The van der Waals surface area contributed by atoms with E-state index in [2.05, 4.69) is 5.32 Å². The molecule has 2 amide bonds. The van der Waals surface area contributed by atoms with Crippen LogP contribution in [0.1, 0.15) is 54.1 Å². The van der Waals surface area contributed by atoms with Crippen molar-refractivity contribution in [3.8, 4) is 0 Å². The number of amides is 2. The van der Waals surface area contributed by atoms with Crippen LogP contribution in [0.3, 0.4) is 0 Å². The quantitative estimate of drug-likeness (QED) is 0.823. The maximum absolute atomic E-state index is 13.8. The molecule has 1 fully saturated rings. The van der Waals surface area contributed by atoms with Crippen LogP contribution < -0.4 is 5.32 Å². The van der Waals surface area contributed by atoms with Crippen LogP contribution in [-0.2, 0) is 16.0 Å². The van der Waals surface area contributed by atoms with Crippen LogP contribution in [0.25, 0.3) is 0 Å². The summed E-state index contributed by atoms with van der Waals surface area (Å²) in [5.41, 5.74) is 1.88. The van der Waals surface area contributed by atoms with Crippen molar-refractivity contribution < 1.29 is 14.0 Å². The van der Waals surface area contributed by atoms with Gasteiger partial charge in [-0.2, -0.15) is 0 Å². The number of halogens is 1. The Morgan fingerprint density at radius 3 is 2.82 bits per heavy atom. The first-order chi connectivity index (χ1) is 13.6. The lowest BCUT2D eigenvalue weighted by Gasteiger charge is -2.36. The topological polar surface area (TPSA) is 49.4 Å². The fourth-order valence-electron chi connectivity index (χ4n) is 4.39. The molecule has 0 bridgehead atoms. The molecule has 6 heteroatoms. The molecule has 4 nitrogen and oxygen atoms in total. The molecule has 1 aliphatic heterocycles. The standard InChI is InChI=1S/C22H25FN2O2S/c23-17-7-3-6-16(14-17)21-18-10-13-28-19(18)9-12-25(21)20(26)8-11-24-22(27)15-4-1-2-5-15/h3,6-7,10,13-15,21H,1-2,4-5,8-9,11-12H2,(H,24,27). The minimum absolute atomic E-state index is 0.00201. The Hall–Kier alpha value is -2.21. The van der Waals surface area contributed by atoms with Gasteiger partial charge in [-0.3, -0.25) is 9.59 Å². The summed E-state index contributed by atoms with van der Waals surface area (Å²) >= 11 is 1.69. The molecule has 4 rings (SSSR count). The van der Waals surface area contributed by atoms with Gasteiger partial charge in [-0.15, -0.1) is 11.3 Å². The summed E-state index contributed by atoms with van der Waals surface area (Å²) in [5.74, 6) is -0.113. The first-order valence-corrected chi connectivity index (χ1v) is 10.9. The molecule has 1 aromatic heterocycles. The summed E-state index contributed by atoms with van der Waals surface area (Å²) in [6.45, 7) is 0.973. The maximum atomic E-state index is 13.8. The van der Waals surface area contributed by atoms with E-state index in [1.807, 2.05) is 22.4 Å². The Labute approximate surface area is 168 Å². The number of nitrogens with one attached hydrogen (secondary N) is 1. The minimum Gasteiger partial charge on any atom is -0.355 e.